The summed E-state index contributed by atoms with van der Waals surface area (Å²) in [7, 11) is 3.68. The predicted octanol–water partition coefficient (Wildman–Crippen LogP) is 4.69. The molecule has 0 aromatic heterocycles. The van der Waals surface area contributed by atoms with Crippen molar-refractivity contribution in [1.29, 1.82) is 0 Å². The van der Waals surface area contributed by atoms with Gasteiger partial charge in [0.2, 0.25) is 5.78 Å². The zero-order chi connectivity index (χ0) is 22.1. The van der Waals surface area contributed by atoms with Crippen LogP contribution in [0.25, 0.3) is 0 Å². The molecule has 1 amide bonds. The van der Waals surface area contributed by atoms with Gasteiger partial charge in [-0.1, -0.05) is 12.1 Å². The Morgan fingerprint density at radius 2 is 2.00 bits per heavy atom. The van der Waals surface area contributed by atoms with Crippen LogP contribution in [0.4, 0.5) is 10.5 Å². The van der Waals surface area contributed by atoms with E-state index < -0.39 is 11.7 Å². The molecule has 1 N–H and O–H groups in total. The van der Waals surface area contributed by atoms with Crippen LogP contribution in [0.3, 0.4) is 0 Å². The number of hydrogen-bond donors (Lipinski definition) is 1. The molecule has 0 bridgehead atoms. The summed E-state index contributed by atoms with van der Waals surface area (Å²) in [5, 5.41) is 2.69. The normalized spacial score (nSPS) is 18.8. The van der Waals surface area contributed by atoms with Crippen LogP contribution in [0.1, 0.15) is 33.6 Å². The van der Waals surface area contributed by atoms with Gasteiger partial charge in [0.25, 0.3) is 0 Å². The molecule has 1 heterocycles. The zero-order valence-corrected chi connectivity index (χ0v) is 18.1. The number of amides is 1. The summed E-state index contributed by atoms with van der Waals surface area (Å²) < 4.78 is 11.3. The van der Waals surface area contributed by atoms with E-state index in [1.807, 2.05) is 20.2 Å². The number of ether oxygens (including phenoxy) is 2. The van der Waals surface area contributed by atoms with Gasteiger partial charge in [0.1, 0.15) is 22.8 Å². The molecule has 0 unspecified atom stereocenters. The van der Waals surface area contributed by atoms with E-state index in [2.05, 4.69) is 10.3 Å². The van der Waals surface area contributed by atoms with E-state index in [9.17, 15) is 9.59 Å². The first-order valence-electron chi connectivity index (χ1n) is 9.73. The first-order chi connectivity index (χ1) is 14.1. The van der Waals surface area contributed by atoms with Crippen molar-refractivity contribution in [2.24, 2.45) is 4.99 Å². The van der Waals surface area contributed by atoms with E-state index in [1.165, 1.54) is 6.08 Å². The molecule has 0 radical (unpaired) electrons. The van der Waals surface area contributed by atoms with Gasteiger partial charge in [-0.15, -0.1) is 0 Å². The number of rotatable bonds is 6. The highest BCUT2D eigenvalue weighted by molar-refractivity contribution is 6.48. The van der Waals surface area contributed by atoms with Crippen LogP contribution >= 0.6 is 0 Å². The molecule has 1 aliphatic rings. The topological polar surface area (TPSA) is 80.2 Å². The Bertz CT molecular complexity index is 890. The number of nitrogens with one attached hydrogen (secondary N) is 1. The Morgan fingerprint density at radius 3 is 2.70 bits per heavy atom. The summed E-state index contributed by atoms with van der Waals surface area (Å²) in [6, 6.07) is 6.99. The predicted molar refractivity (Wildman–Crippen MR) is 119 cm³/mol. The van der Waals surface area contributed by atoms with Gasteiger partial charge < -0.3 is 14.4 Å². The van der Waals surface area contributed by atoms with Crippen molar-refractivity contribution >= 4 is 23.3 Å². The number of ketones is 1. The van der Waals surface area contributed by atoms with Crippen LogP contribution in [0, 0.1) is 0 Å². The van der Waals surface area contributed by atoms with Crippen molar-refractivity contribution in [2.75, 3.05) is 19.4 Å². The summed E-state index contributed by atoms with van der Waals surface area (Å²) >= 11 is 0. The van der Waals surface area contributed by atoms with E-state index in [1.54, 1.807) is 68.4 Å². The lowest BCUT2D eigenvalue weighted by Crippen LogP contribution is -2.27. The molecule has 0 fully saturated rings. The molecule has 0 saturated carbocycles. The SMILES string of the molecule is CN(C)/C=C/C(=O)C1=N\C=C/CC/C(Oc2cccc(NC(=O)OC(C)(C)C)c2)=C\1. The fraction of sp³-hybridized carbons (Fsp3) is 0.348. The molecule has 0 spiro atoms. The highest BCUT2D eigenvalue weighted by atomic mass is 16.6. The minimum Gasteiger partial charge on any atom is -0.462 e. The molecular formula is C23H29N3O4. The molecule has 160 valence electrons. The molecule has 7 nitrogen and oxygen atoms in total. The van der Waals surface area contributed by atoms with Gasteiger partial charge >= 0.3 is 6.09 Å². The molecule has 0 aliphatic carbocycles. The number of allylic oxidation sites excluding steroid dienone is 4. The summed E-state index contributed by atoms with van der Waals surface area (Å²) in [4.78, 5) is 30.4. The van der Waals surface area contributed by atoms with Gasteiger partial charge in [-0.05, 0) is 39.3 Å². The van der Waals surface area contributed by atoms with Gasteiger partial charge in [-0.25, -0.2) is 4.79 Å². The Morgan fingerprint density at radius 1 is 1.23 bits per heavy atom. The van der Waals surface area contributed by atoms with Crippen LogP contribution < -0.4 is 10.1 Å². The van der Waals surface area contributed by atoms with Crippen molar-refractivity contribution in [2.45, 2.75) is 39.2 Å². The van der Waals surface area contributed by atoms with Crippen molar-refractivity contribution in [3.63, 3.8) is 0 Å². The molecule has 30 heavy (non-hydrogen) atoms. The maximum absolute atomic E-state index is 12.4. The van der Waals surface area contributed by atoms with E-state index in [0.717, 1.165) is 6.42 Å². The summed E-state index contributed by atoms with van der Waals surface area (Å²) in [5.41, 5.74) is 0.257. The third-order valence-electron chi connectivity index (χ3n) is 3.68. The molecule has 0 atom stereocenters. The lowest BCUT2D eigenvalue weighted by atomic mass is 10.1. The fourth-order valence-corrected chi connectivity index (χ4v) is 2.42. The fourth-order valence-electron chi connectivity index (χ4n) is 2.42. The lowest BCUT2D eigenvalue weighted by Gasteiger charge is -2.19. The quantitative estimate of drug-likeness (QED) is 0.687. The van der Waals surface area contributed by atoms with E-state index in [-0.39, 0.29) is 5.78 Å². The van der Waals surface area contributed by atoms with Crippen LogP contribution in [0.5, 0.6) is 5.75 Å². The standard InChI is InChI=1S/C23H29N3O4/c1-23(2,3)30-22(28)25-17-9-8-11-18(15-17)29-19-10-6-7-13-24-20(16-19)21(27)12-14-26(4)5/h7-9,11-16H,6,10H2,1-5H3,(H,25,28)/b13-7-,14-12+,19-16+,24-20-. The second-order valence-corrected chi connectivity index (χ2v) is 7.95. The first kappa shape index (κ1) is 22.9. The van der Waals surface area contributed by atoms with Crippen molar-refractivity contribution in [3.05, 3.63) is 60.7 Å². The summed E-state index contributed by atoms with van der Waals surface area (Å²) in [6.45, 7) is 5.40. The Hall–Kier alpha value is -3.35. The highest BCUT2D eigenvalue weighted by Crippen LogP contribution is 2.22. The van der Waals surface area contributed by atoms with Gasteiger partial charge in [0.05, 0.1) is 0 Å². The number of benzene rings is 1. The number of aliphatic imine (C=N–C) groups is 1. The number of hydrogen-bond acceptors (Lipinski definition) is 6. The minimum absolute atomic E-state index is 0.211. The van der Waals surface area contributed by atoms with Gasteiger partial charge in [-0.2, -0.15) is 0 Å². The largest absolute Gasteiger partial charge is 0.462 e. The van der Waals surface area contributed by atoms with Crippen LogP contribution in [-0.2, 0) is 9.53 Å². The molecular weight excluding hydrogens is 382 g/mol. The highest BCUT2D eigenvalue weighted by Gasteiger charge is 2.16. The Balaban J connectivity index is 2.14. The van der Waals surface area contributed by atoms with Gasteiger partial charge in [-0.3, -0.25) is 15.1 Å². The second-order valence-electron chi connectivity index (χ2n) is 7.95. The van der Waals surface area contributed by atoms with Crippen LogP contribution in [-0.4, -0.2) is 42.2 Å². The second kappa shape index (κ2) is 10.4. The maximum atomic E-state index is 12.4. The third-order valence-corrected chi connectivity index (χ3v) is 3.68. The molecule has 2 rings (SSSR count). The minimum atomic E-state index is -0.585. The van der Waals surface area contributed by atoms with E-state index in [0.29, 0.717) is 29.3 Å². The van der Waals surface area contributed by atoms with Crippen LogP contribution in [0.2, 0.25) is 0 Å². The van der Waals surface area contributed by atoms with Crippen molar-refractivity contribution in [3.8, 4) is 5.75 Å². The maximum Gasteiger partial charge on any atom is 0.412 e. The smallest absolute Gasteiger partial charge is 0.412 e. The monoisotopic (exact) mass is 411 g/mol. The van der Waals surface area contributed by atoms with E-state index >= 15 is 0 Å². The van der Waals surface area contributed by atoms with Crippen molar-refractivity contribution < 1.29 is 19.1 Å². The van der Waals surface area contributed by atoms with Gasteiger partial charge in [0.15, 0.2) is 0 Å². The molecule has 1 aromatic carbocycles. The third kappa shape index (κ3) is 8.34. The summed E-state index contributed by atoms with van der Waals surface area (Å²) in [6.07, 6.45) is 9.13. The number of carbonyl (C=O) groups excluding carboxylic acids is 2. The number of nitrogens with zero attached hydrogens (tertiary/aromatic N) is 2. The molecule has 1 aromatic rings. The Labute approximate surface area is 177 Å². The van der Waals surface area contributed by atoms with Crippen molar-refractivity contribution in [1.82, 2.24) is 4.90 Å². The average molecular weight is 412 g/mol. The van der Waals surface area contributed by atoms with E-state index in [4.69, 9.17) is 9.47 Å². The molecule has 7 heteroatoms. The number of anilines is 1. The number of carbonyl (C=O) groups is 2. The average Bonchev–Trinajstić information content (AvgIpc) is 2.60. The zero-order valence-electron chi connectivity index (χ0n) is 18.1. The summed E-state index contributed by atoms with van der Waals surface area (Å²) in [5.74, 6) is 0.936. The lowest BCUT2D eigenvalue weighted by molar-refractivity contribution is -0.108. The van der Waals surface area contributed by atoms with Crippen LogP contribution in [0.15, 0.2) is 65.6 Å². The molecule has 0 saturated heterocycles. The first-order valence-corrected chi connectivity index (χ1v) is 9.73. The molecule has 1 aliphatic heterocycles. The van der Waals surface area contributed by atoms with Gasteiger partial charge in [0, 0.05) is 56.8 Å². The Kier molecular flexibility index (Phi) is 7.98.